The molecule has 1 nitrogen and oxygen atoms in total. The van der Waals surface area contributed by atoms with Gasteiger partial charge in [0.05, 0.1) is 0 Å². The third kappa shape index (κ3) is 5.81. The first-order chi connectivity index (χ1) is 7.33. The topological polar surface area (TPSA) is 12.0 Å². The monoisotopic (exact) mass is 225 g/mol. The number of hydrogen-bond donors (Lipinski definition) is 1. The Morgan fingerprint density at radius 1 is 1.20 bits per heavy atom. The molecule has 0 saturated heterocycles. The van der Waals surface area contributed by atoms with E-state index in [4.69, 9.17) is 11.6 Å². The number of unbranched alkanes of at least 4 members (excludes halogenated alkanes) is 2. The van der Waals surface area contributed by atoms with Crippen molar-refractivity contribution in [2.75, 3.05) is 12.4 Å². The molecule has 1 N–H and O–H groups in total. The normalized spacial score (nSPS) is 10.5. The predicted molar refractivity (Wildman–Crippen MR) is 67.5 cm³/mol. The predicted octanol–water partition coefficient (Wildman–Crippen LogP) is 3.49. The number of rotatable bonds is 7. The van der Waals surface area contributed by atoms with Gasteiger partial charge in [0.2, 0.25) is 0 Å². The molecule has 0 saturated carbocycles. The SMILES string of the molecule is Cc1cccc(CNCCCCCCl)c1. The minimum absolute atomic E-state index is 0.790. The van der Waals surface area contributed by atoms with Crippen LogP contribution in [0.5, 0.6) is 0 Å². The molecule has 0 amide bonds. The van der Waals surface area contributed by atoms with Gasteiger partial charge in [-0.1, -0.05) is 36.2 Å². The van der Waals surface area contributed by atoms with E-state index in [1.54, 1.807) is 0 Å². The molecule has 0 aliphatic carbocycles. The molecule has 1 aromatic rings. The second-order valence-corrected chi connectivity index (χ2v) is 4.29. The van der Waals surface area contributed by atoms with Crippen LogP contribution in [0.2, 0.25) is 0 Å². The molecule has 0 spiro atoms. The third-order valence-corrected chi connectivity index (χ3v) is 2.67. The lowest BCUT2D eigenvalue weighted by Gasteiger charge is -2.05. The summed E-state index contributed by atoms with van der Waals surface area (Å²) in [6, 6.07) is 8.63. The molecule has 1 aromatic carbocycles. The van der Waals surface area contributed by atoms with E-state index in [1.807, 2.05) is 0 Å². The largest absolute Gasteiger partial charge is 0.313 e. The maximum Gasteiger partial charge on any atom is 0.0223 e. The van der Waals surface area contributed by atoms with Gasteiger partial charge in [0, 0.05) is 12.4 Å². The summed E-state index contributed by atoms with van der Waals surface area (Å²) in [6.45, 7) is 4.19. The van der Waals surface area contributed by atoms with Crippen LogP contribution in [-0.2, 0) is 6.54 Å². The third-order valence-electron chi connectivity index (χ3n) is 2.40. The quantitative estimate of drug-likeness (QED) is 0.553. The average molecular weight is 226 g/mol. The zero-order valence-electron chi connectivity index (χ0n) is 9.43. The number of halogens is 1. The molecule has 0 fully saturated rings. The zero-order chi connectivity index (χ0) is 10.9. The van der Waals surface area contributed by atoms with Crippen molar-refractivity contribution < 1.29 is 0 Å². The van der Waals surface area contributed by atoms with Crippen molar-refractivity contribution in [2.45, 2.75) is 32.7 Å². The van der Waals surface area contributed by atoms with E-state index in [0.717, 1.165) is 25.4 Å². The summed E-state index contributed by atoms with van der Waals surface area (Å²) in [5.74, 6) is 0.790. The Labute approximate surface area is 97.8 Å². The summed E-state index contributed by atoms with van der Waals surface area (Å²) in [4.78, 5) is 0. The molecular weight excluding hydrogens is 206 g/mol. The van der Waals surface area contributed by atoms with Crippen LogP contribution in [0.1, 0.15) is 30.4 Å². The number of benzene rings is 1. The molecular formula is C13H20ClN. The van der Waals surface area contributed by atoms with Crippen LogP contribution in [0.15, 0.2) is 24.3 Å². The second kappa shape index (κ2) is 7.72. The van der Waals surface area contributed by atoms with Crippen molar-refractivity contribution in [3.8, 4) is 0 Å². The van der Waals surface area contributed by atoms with Crippen molar-refractivity contribution in [3.63, 3.8) is 0 Å². The Hall–Kier alpha value is -0.530. The van der Waals surface area contributed by atoms with Crippen LogP contribution in [0.4, 0.5) is 0 Å². The highest BCUT2D eigenvalue weighted by atomic mass is 35.5. The summed E-state index contributed by atoms with van der Waals surface area (Å²) in [7, 11) is 0. The fourth-order valence-electron chi connectivity index (χ4n) is 1.58. The Kier molecular flexibility index (Phi) is 6.45. The number of hydrogen-bond acceptors (Lipinski definition) is 1. The summed E-state index contributed by atoms with van der Waals surface area (Å²) >= 11 is 5.61. The van der Waals surface area contributed by atoms with Crippen LogP contribution in [0, 0.1) is 6.92 Å². The van der Waals surface area contributed by atoms with Crippen molar-refractivity contribution in [2.24, 2.45) is 0 Å². The van der Waals surface area contributed by atoms with Crippen LogP contribution in [-0.4, -0.2) is 12.4 Å². The highest BCUT2D eigenvalue weighted by molar-refractivity contribution is 6.17. The fraction of sp³-hybridized carbons (Fsp3) is 0.538. The fourth-order valence-corrected chi connectivity index (χ4v) is 1.77. The van der Waals surface area contributed by atoms with Gasteiger partial charge in [-0.2, -0.15) is 0 Å². The molecule has 1 rings (SSSR count). The lowest BCUT2D eigenvalue weighted by atomic mass is 10.1. The lowest BCUT2D eigenvalue weighted by molar-refractivity contribution is 0.618. The molecule has 0 radical (unpaired) electrons. The smallest absolute Gasteiger partial charge is 0.0223 e. The lowest BCUT2D eigenvalue weighted by Crippen LogP contribution is -2.14. The Balaban J connectivity index is 2.10. The van der Waals surface area contributed by atoms with E-state index in [-0.39, 0.29) is 0 Å². The van der Waals surface area contributed by atoms with Crippen LogP contribution >= 0.6 is 11.6 Å². The Bertz CT molecular complexity index is 273. The number of alkyl halides is 1. The van der Waals surface area contributed by atoms with Gasteiger partial charge in [0.25, 0.3) is 0 Å². The highest BCUT2D eigenvalue weighted by Gasteiger charge is 1.93. The molecule has 15 heavy (non-hydrogen) atoms. The molecule has 0 heterocycles. The molecule has 0 bridgehead atoms. The van der Waals surface area contributed by atoms with Gasteiger partial charge in [0.1, 0.15) is 0 Å². The average Bonchev–Trinajstić information content (AvgIpc) is 2.23. The van der Waals surface area contributed by atoms with Crippen LogP contribution < -0.4 is 5.32 Å². The molecule has 0 atom stereocenters. The Morgan fingerprint density at radius 2 is 2.07 bits per heavy atom. The van der Waals surface area contributed by atoms with Gasteiger partial charge in [-0.3, -0.25) is 0 Å². The minimum Gasteiger partial charge on any atom is -0.313 e. The zero-order valence-corrected chi connectivity index (χ0v) is 10.2. The second-order valence-electron chi connectivity index (χ2n) is 3.92. The van der Waals surface area contributed by atoms with Gasteiger partial charge < -0.3 is 5.32 Å². The maximum atomic E-state index is 5.61. The maximum absolute atomic E-state index is 5.61. The van der Waals surface area contributed by atoms with Gasteiger partial charge in [-0.25, -0.2) is 0 Å². The summed E-state index contributed by atoms with van der Waals surface area (Å²) < 4.78 is 0. The summed E-state index contributed by atoms with van der Waals surface area (Å²) in [5.41, 5.74) is 2.70. The highest BCUT2D eigenvalue weighted by Crippen LogP contribution is 2.03. The van der Waals surface area contributed by atoms with Gasteiger partial charge >= 0.3 is 0 Å². The Morgan fingerprint density at radius 3 is 2.80 bits per heavy atom. The van der Waals surface area contributed by atoms with Crippen molar-refractivity contribution >= 4 is 11.6 Å². The van der Waals surface area contributed by atoms with Gasteiger partial charge in [-0.05, 0) is 31.9 Å². The summed E-state index contributed by atoms with van der Waals surface area (Å²) in [6.07, 6.45) is 3.58. The van der Waals surface area contributed by atoms with E-state index >= 15 is 0 Å². The van der Waals surface area contributed by atoms with Crippen LogP contribution in [0.3, 0.4) is 0 Å². The van der Waals surface area contributed by atoms with E-state index in [2.05, 4.69) is 36.5 Å². The van der Waals surface area contributed by atoms with Gasteiger partial charge in [0.15, 0.2) is 0 Å². The standard InChI is InChI=1S/C13H20ClN/c1-12-6-5-7-13(10-12)11-15-9-4-2-3-8-14/h5-7,10,15H,2-4,8-9,11H2,1H3. The van der Waals surface area contributed by atoms with E-state index < -0.39 is 0 Å². The first kappa shape index (κ1) is 12.5. The molecule has 0 aromatic heterocycles. The van der Waals surface area contributed by atoms with Crippen molar-refractivity contribution in [1.82, 2.24) is 5.32 Å². The van der Waals surface area contributed by atoms with E-state index in [1.165, 1.54) is 24.0 Å². The van der Waals surface area contributed by atoms with Crippen molar-refractivity contribution in [1.29, 1.82) is 0 Å². The summed E-state index contributed by atoms with van der Waals surface area (Å²) in [5, 5.41) is 3.44. The molecule has 0 aliphatic heterocycles. The minimum atomic E-state index is 0.790. The number of aryl methyl sites for hydroxylation is 1. The molecule has 0 aliphatic rings. The molecule has 2 heteroatoms. The van der Waals surface area contributed by atoms with Gasteiger partial charge in [-0.15, -0.1) is 11.6 Å². The molecule has 84 valence electrons. The molecule has 0 unspecified atom stereocenters. The first-order valence-electron chi connectivity index (χ1n) is 5.65. The number of nitrogens with one attached hydrogen (secondary N) is 1. The van der Waals surface area contributed by atoms with E-state index in [9.17, 15) is 0 Å². The first-order valence-corrected chi connectivity index (χ1v) is 6.18. The van der Waals surface area contributed by atoms with Crippen molar-refractivity contribution in [3.05, 3.63) is 35.4 Å². The van der Waals surface area contributed by atoms with Crippen LogP contribution in [0.25, 0.3) is 0 Å². The van der Waals surface area contributed by atoms with E-state index in [0.29, 0.717) is 0 Å².